The van der Waals surface area contributed by atoms with Crippen molar-refractivity contribution in [1.82, 2.24) is 0 Å². The van der Waals surface area contributed by atoms with Gasteiger partial charge in [-0.05, 0) is 48.2 Å². The van der Waals surface area contributed by atoms with Crippen molar-refractivity contribution in [3.8, 4) is 0 Å². The number of aliphatic hydroxyl groups is 1. The van der Waals surface area contributed by atoms with Crippen LogP contribution in [-0.4, -0.2) is 5.11 Å². The summed E-state index contributed by atoms with van der Waals surface area (Å²) in [6, 6.07) is 10.2. The van der Waals surface area contributed by atoms with Crippen molar-refractivity contribution in [1.29, 1.82) is 0 Å². The van der Waals surface area contributed by atoms with Crippen molar-refractivity contribution in [2.45, 2.75) is 26.4 Å². The van der Waals surface area contributed by atoms with E-state index in [4.69, 9.17) is 11.6 Å². The quantitative estimate of drug-likeness (QED) is 0.884. The summed E-state index contributed by atoms with van der Waals surface area (Å²) in [5, 5.41) is 10.9. The van der Waals surface area contributed by atoms with E-state index in [9.17, 15) is 9.50 Å². The number of hydrogen-bond donors (Lipinski definition) is 1. The van der Waals surface area contributed by atoms with Gasteiger partial charge in [-0.2, -0.15) is 0 Å². The molecule has 1 unspecified atom stereocenters. The van der Waals surface area contributed by atoms with Gasteiger partial charge in [-0.1, -0.05) is 35.9 Å². The maximum absolute atomic E-state index is 13.0. The fraction of sp³-hybridized carbons (Fsp3) is 0.250. The first-order valence-electron chi connectivity index (χ1n) is 6.17. The maximum atomic E-state index is 13.0. The molecule has 1 N–H and O–H groups in total. The molecule has 0 heterocycles. The van der Waals surface area contributed by atoms with Crippen molar-refractivity contribution >= 4 is 11.6 Å². The van der Waals surface area contributed by atoms with E-state index in [0.717, 1.165) is 16.7 Å². The topological polar surface area (TPSA) is 20.2 Å². The number of hydrogen-bond acceptors (Lipinski definition) is 1. The van der Waals surface area contributed by atoms with E-state index >= 15 is 0 Å². The third-order valence-corrected chi connectivity index (χ3v) is 3.81. The second-order valence-electron chi connectivity index (χ2n) is 4.77. The second kappa shape index (κ2) is 5.72. The predicted octanol–water partition coefficient (Wildman–Crippen LogP) is 4.37. The van der Waals surface area contributed by atoms with Crippen LogP contribution in [0.15, 0.2) is 36.4 Å². The van der Waals surface area contributed by atoms with E-state index in [1.807, 2.05) is 32.0 Å². The lowest BCUT2D eigenvalue weighted by molar-refractivity contribution is 0.178. The van der Waals surface area contributed by atoms with Crippen LogP contribution in [-0.2, 0) is 6.42 Å². The lowest BCUT2D eigenvalue weighted by atomic mass is 9.97. The maximum Gasteiger partial charge on any atom is 0.123 e. The molecule has 0 bridgehead atoms. The van der Waals surface area contributed by atoms with Gasteiger partial charge in [0.1, 0.15) is 5.82 Å². The highest BCUT2D eigenvalue weighted by molar-refractivity contribution is 6.32. The van der Waals surface area contributed by atoms with Crippen LogP contribution in [0.25, 0.3) is 0 Å². The largest absolute Gasteiger partial charge is 0.388 e. The van der Waals surface area contributed by atoms with Gasteiger partial charge >= 0.3 is 0 Å². The predicted molar refractivity (Wildman–Crippen MR) is 76.0 cm³/mol. The zero-order valence-electron chi connectivity index (χ0n) is 11.0. The zero-order valence-corrected chi connectivity index (χ0v) is 11.7. The first-order valence-corrected chi connectivity index (χ1v) is 6.55. The first-order chi connectivity index (χ1) is 8.99. The Balaban J connectivity index is 2.25. The highest BCUT2D eigenvalue weighted by Gasteiger charge is 2.14. The number of aliphatic hydroxyl groups excluding tert-OH is 1. The van der Waals surface area contributed by atoms with E-state index in [0.29, 0.717) is 17.0 Å². The lowest BCUT2D eigenvalue weighted by Gasteiger charge is -2.15. The summed E-state index contributed by atoms with van der Waals surface area (Å²) < 4.78 is 13.0. The van der Waals surface area contributed by atoms with Crippen LogP contribution in [0.2, 0.25) is 5.02 Å². The van der Waals surface area contributed by atoms with E-state index in [-0.39, 0.29) is 5.82 Å². The fourth-order valence-electron chi connectivity index (χ4n) is 2.13. The molecule has 100 valence electrons. The van der Waals surface area contributed by atoms with Crippen LogP contribution in [0.4, 0.5) is 4.39 Å². The van der Waals surface area contributed by atoms with Gasteiger partial charge in [0.2, 0.25) is 0 Å². The Labute approximate surface area is 117 Å². The van der Waals surface area contributed by atoms with Crippen LogP contribution in [0.1, 0.15) is 28.4 Å². The zero-order chi connectivity index (χ0) is 14.0. The molecule has 0 saturated carbocycles. The molecule has 3 heteroatoms. The number of rotatable bonds is 3. The monoisotopic (exact) mass is 278 g/mol. The minimum Gasteiger partial charge on any atom is -0.388 e. The summed E-state index contributed by atoms with van der Waals surface area (Å²) >= 11 is 6.20. The molecule has 0 saturated heterocycles. The van der Waals surface area contributed by atoms with Crippen LogP contribution >= 0.6 is 11.6 Å². The van der Waals surface area contributed by atoms with E-state index < -0.39 is 6.10 Å². The minimum atomic E-state index is -0.684. The molecule has 0 aromatic heterocycles. The van der Waals surface area contributed by atoms with Crippen LogP contribution in [0, 0.1) is 19.7 Å². The highest BCUT2D eigenvalue weighted by Crippen LogP contribution is 2.29. The standard InChI is InChI=1S/C16H16ClFO/c1-10-4-3-5-14(16(10)17)15(19)9-12-6-7-13(18)8-11(12)2/h3-8,15,19H,9H2,1-2H3. The van der Waals surface area contributed by atoms with Crippen molar-refractivity contribution in [2.24, 2.45) is 0 Å². The first kappa shape index (κ1) is 14.0. The Kier molecular flexibility index (Phi) is 4.23. The van der Waals surface area contributed by atoms with Gasteiger partial charge in [0, 0.05) is 11.4 Å². The van der Waals surface area contributed by atoms with E-state index in [1.165, 1.54) is 12.1 Å². The summed E-state index contributed by atoms with van der Waals surface area (Å²) in [6.45, 7) is 3.74. The molecule has 0 fully saturated rings. The molecule has 1 nitrogen and oxygen atoms in total. The third kappa shape index (κ3) is 3.14. The Morgan fingerprint density at radius 1 is 1.16 bits per heavy atom. The van der Waals surface area contributed by atoms with Crippen LogP contribution in [0.3, 0.4) is 0 Å². The summed E-state index contributed by atoms with van der Waals surface area (Å²) in [5.74, 6) is -0.260. The molecule has 0 spiro atoms. The molecule has 19 heavy (non-hydrogen) atoms. The number of aryl methyl sites for hydroxylation is 2. The average Bonchev–Trinajstić information content (AvgIpc) is 2.36. The van der Waals surface area contributed by atoms with Gasteiger partial charge in [-0.3, -0.25) is 0 Å². The summed E-state index contributed by atoms with van der Waals surface area (Å²) in [7, 11) is 0. The highest BCUT2D eigenvalue weighted by atomic mass is 35.5. The number of halogens is 2. The molecule has 2 rings (SSSR count). The van der Waals surface area contributed by atoms with Crippen molar-refractivity contribution in [3.05, 3.63) is 69.5 Å². The molecule has 0 aliphatic carbocycles. The molecular formula is C16H16ClFO. The van der Waals surface area contributed by atoms with Gasteiger partial charge in [-0.25, -0.2) is 4.39 Å². The molecule has 0 aliphatic heterocycles. The minimum absolute atomic E-state index is 0.260. The van der Waals surface area contributed by atoms with Gasteiger partial charge in [0.25, 0.3) is 0 Å². The Bertz CT molecular complexity index is 595. The lowest BCUT2D eigenvalue weighted by Crippen LogP contribution is -2.04. The van der Waals surface area contributed by atoms with E-state index in [2.05, 4.69) is 0 Å². The molecule has 2 aromatic carbocycles. The van der Waals surface area contributed by atoms with Gasteiger partial charge in [0.05, 0.1) is 6.10 Å². The third-order valence-electron chi connectivity index (χ3n) is 3.30. The van der Waals surface area contributed by atoms with E-state index in [1.54, 1.807) is 6.07 Å². The Hall–Kier alpha value is -1.38. The average molecular weight is 279 g/mol. The SMILES string of the molecule is Cc1cc(F)ccc1CC(O)c1cccc(C)c1Cl. The van der Waals surface area contributed by atoms with Crippen molar-refractivity contribution in [2.75, 3.05) is 0 Å². The van der Waals surface area contributed by atoms with Crippen LogP contribution in [0.5, 0.6) is 0 Å². The number of benzene rings is 2. The molecular weight excluding hydrogens is 263 g/mol. The van der Waals surface area contributed by atoms with Gasteiger partial charge < -0.3 is 5.11 Å². The summed E-state index contributed by atoms with van der Waals surface area (Å²) in [6.07, 6.45) is -0.258. The second-order valence-corrected chi connectivity index (χ2v) is 5.15. The van der Waals surface area contributed by atoms with Crippen LogP contribution < -0.4 is 0 Å². The normalized spacial score (nSPS) is 12.5. The fourth-order valence-corrected chi connectivity index (χ4v) is 2.39. The molecule has 1 atom stereocenters. The molecule has 0 aliphatic rings. The molecule has 0 amide bonds. The molecule has 2 aromatic rings. The van der Waals surface area contributed by atoms with Gasteiger partial charge in [-0.15, -0.1) is 0 Å². The molecule has 0 radical (unpaired) electrons. The van der Waals surface area contributed by atoms with Crippen molar-refractivity contribution in [3.63, 3.8) is 0 Å². The smallest absolute Gasteiger partial charge is 0.123 e. The van der Waals surface area contributed by atoms with Crippen molar-refractivity contribution < 1.29 is 9.50 Å². The summed E-state index contributed by atoms with van der Waals surface area (Å²) in [5.41, 5.74) is 3.41. The Morgan fingerprint density at radius 3 is 2.58 bits per heavy atom. The van der Waals surface area contributed by atoms with Gasteiger partial charge in [0.15, 0.2) is 0 Å². The summed E-state index contributed by atoms with van der Waals surface area (Å²) in [4.78, 5) is 0. The Morgan fingerprint density at radius 2 is 1.89 bits per heavy atom.